The molecule has 0 unspecified atom stereocenters. The van der Waals surface area contributed by atoms with Crippen molar-refractivity contribution in [2.75, 3.05) is 43.4 Å². The highest BCUT2D eigenvalue weighted by atomic mass is 16.3. The Hall–Kier alpha value is -4.41. The molecule has 49 heavy (non-hydrogen) atoms. The molecule has 1 saturated carbocycles. The Morgan fingerprint density at radius 2 is 1.27 bits per heavy atom. The van der Waals surface area contributed by atoms with E-state index in [1.807, 2.05) is 62.4 Å². The Labute approximate surface area is 293 Å². The first-order valence-corrected chi connectivity index (χ1v) is 17.7. The lowest BCUT2D eigenvalue weighted by Gasteiger charge is -2.23. The summed E-state index contributed by atoms with van der Waals surface area (Å²) in [5, 5.41) is 40.1. The number of hydrogen-bond acceptors (Lipinski definition) is 9. The third-order valence-electron chi connectivity index (χ3n) is 8.08. The number of nitrogens with zero attached hydrogens (tertiary/aromatic N) is 5. The highest BCUT2D eigenvalue weighted by Gasteiger charge is 2.15. The summed E-state index contributed by atoms with van der Waals surface area (Å²) in [7, 11) is 0. The Morgan fingerprint density at radius 3 is 1.73 bits per heavy atom. The predicted octanol–water partition coefficient (Wildman–Crippen LogP) is 7.88. The minimum absolute atomic E-state index is 0.250. The van der Waals surface area contributed by atoms with Gasteiger partial charge in [-0.25, -0.2) is 0 Å². The summed E-state index contributed by atoms with van der Waals surface area (Å²) in [6.07, 6.45) is 8.41. The molecule has 2 aromatic carbocycles. The molecular formula is C39H57N7O3. The van der Waals surface area contributed by atoms with Crippen LogP contribution in [0, 0.1) is 13.8 Å². The van der Waals surface area contributed by atoms with Crippen molar-refractivity contribution in [3.05, 3.63) is 83.9 Å². The molecule has 2 heterocycles. The zero-order chi connectivity index (χ0) is 35.7. The van der Waals surface area contributed by atoms with Gasteiger partial charge in [0.15, 0.2) is 11.6 Å². The number of hydrogen-bond donors (Lipinski definition) is 4. The molecule has 1 aliphatic rings. The smallest absolute Gasteiger partial charge is 0.290 e. The van der Waals surface area contributed by atoms with Gasteiger partial charge in [-0.2, -0.15) is 0 Å². The second-order valence-corrected chi connectivity index (χ2v) is 11.6. The predicted molar refractivity (Wildman–Crippen MR) is 202 cm³/mol. The topological polar surface area (TPSA) is 136 Å². The molecule has 0 bridgehead atoms. The van der Waals surface area contributed by atoms with Crippen LogP contribution in [0.15, 0.2) is 72.8 Å². The Balaban J connectivity index is 0.000000304. The zero-order valence-corrected chi connectivity index (χ0v) is 30.1. The van der Waals surface area contributed by atoms with Gasteiger partial charge in [-0.1, -0.05) is 101 Å². The lowest BCUT2D eigenvalue weighted by atomic mass is 9.95. The van der Waals surface area contributed by atoms with Crippen LogP contribution in [0.25, 0.3) is 22.5 Å². The number of aliphatic hydroxyl groups is 1. The van der Waals surface area contributed by atoms with Crippen LogP contribution < -0.4 is 10.6 Å². The van der Waals surface area contributed by atoms with Gasteiger partial charge >= 0.3 is 0 Å². The van der Waals surface area contributed by atoms with Gasteiger partial charge in [-0.05, 0) is 75.9 Å². The van der Waals surface area contributed by atoms with Gasteiger partial charge in [-0.3, -0.25) is 4.79 Å². The summed E-state index contributed by atoms with van der Waals surface area (Å²) in [6, 6.07) is 25.1. The molecule has 0 atom stereocenters. The summed E-state index contributed by atoms with van der Waals surface area (Å²) in [5.41, 5.74) is 6.33. The SMILES string of the molecule is CC.CCN(CCCO)CCCNc1nnc(-c2ccccc2)cc1C.Cc1cc(-c2ccccc2)nnc1NC1CCCCC1.O=CO. The highest BCUT2D eigenvalue weighted by molar-refractivity contribution is 5.62. The number of aryl methyl sites for hydroxylation is 2. The van der Waals surface area contributed by atoms with Crippen molar-refractivity contribution in [3.63, 3.8) is 0 Å². The highest BCUT2D eigenvalue weighted by Crippen LogP contribution is 2.24. The number of benzene rings is 2. The monoisotopic (exact) mass is 671 g/mol. The molecule has 1 fully saturated rings. The fourth-order valence-corrected chi connectivity index (χ4v) is 5.46. The van der Waals surface area contributed by atoms with Gasteiger partial charge in [-0.15, -0.1) is 20.4 Å². The van der Waals surface area contributed by atoms with E-state index in [4.69, 9.17) is 15.0 Å². The van der Waals surface area contributed by atoms with E-state index in [0.29, 0.717) is 6.04 Å². The summed E-state index contributed by atoms with van der Waals surface area (Å²) in [5.74, 6) is 1.80. The fraction of sp³-hybridized carbons (Fsp3) is 0.462. The maximum Gasteiger partial charge on any atom is 0.290 e. The summed E-state index contributed by atoms with van der Waals surface area (Å²) < 4.78 is 0. The van der Waals surface area contributed by atoms with E-state index < -0.39 is 0 Å². The molecule has 0 radical (unpaired) electrons. The first-order valence-electron chi connectivity index (χ1n) is 17.7. The molecule has 0 saturated heterocycles. The number of rotatable bonds is 13. The van der Waals surface area contributed by atoms with Crippen molar-refractivity contribution in [2.24, 2.45) is 0 Å². The van der Waals surface area contributed by atoms with Crippen molar-refractivity contribution in [2.45, 2.75) is 85.6 Å². The molecular weight excluding hydrogens is 614 g/mol. The first kappa shape index (κ1) is 40.8. The number of carboxylic acid groups (broad SMARTS) is 1. The quantitative estimate of drug-likeness (QED) is 0.0821. The van der Waals surface area contributed by atoms with Crippen molar-refractivity contribution >= 4 is 18.1 Å². The summed E-state index contributed by atoms with van der Waals surface area (Å²) in [4.78, 5) is 10.7. The number of aromatic nitrogens is 4. The molecule has 266 valence electrons. The lowest BCUT2D eigenvalue weighted by Crippen LogP contribution is -2.27. The minimum atomic E-state index is -0.250. The maximum absolute atomic E-state index is 8.91. The van der Waals surface area contributed by atoms with Crippen LogP contribution in [0.1, 0.15) is 76.8 Å². The molecule has 10 heteroatoms. The van der Waals surface area contributed by atoms with E-state index in [2.05, 4.69) is 81.0 Å². The van der Waals surface area contributed by atoms with Crippen molar-refractivity contribution in [1.82, 2.24) is 25.3 Å². The van der Waals surface area contributed by atoms with Crippen LogP contribution in [0.2, 0.25) is 0 Å². The van der Waals surface area contributed by atoms with E-state index in [1.165, 1.54) is 37.7 Å². The Kier molecular flexibility index (Phi) is 20.5. The number of carbonyl (C=O) groups is 1. The van der Waals surface area contributed by atoms with Gasteiger partial charge in [0.1, 0.15) is 0 Å². The molecule has 0 aliphatic heterocycles. The second kappa shape index (κ2) is 24.7. The summed E-state index contributed by atoms with van der Waals surface area (Å²) in [6.45, 7) is 14.2. The summed E-state index contributed by atoms with van der Waals surface area (Å²) >= 11 is 0. The average Bonchev–Trinajstić information content (AvgIpc) is 3.15. The molecule has 4 aromatic rings. The third-order valence-corrected chi connectivity index (χ3v) is 8.08. The molecule has 4 N–H and O–H groups in total. The Morgan fingerprint density at radius 1 is 0.776 bits per heavy atom. The first-order chi connectivity index (χ1) is 24.0. The lowest BCUT2D eigenvalue weighted by molar-refractivity contribution is -0.122. The standard InChI is InChI=1S/C19H28N4O.C17H21N3.C2H6.CH2O2/c1-3-23(13-8-14-24)12-7-11-20-19-16(2)15-18(21-22-19)17-9-5-4-6-10-17;1-13-12-16(14-8-4-2-5-9-14)19-20-17(13)18-15-10-6-3-7-11-15;1-2;2-1-3/h4-6,9-10,15,24H,3,7-8,11-14H2,1-2H3,(H,20,22);2,4-5,8-9,12,15H,3,6-7,10-11H2,1H3,(H,18,20);1-2H3;1H,(H,2,3). The van der Waals surface area contributed by atoms with E-state index >= 15 is 0 Å². The number of anilines is 2. The van der Waals surface area contributed by atoms with Crippen LogP contribution in [-0.2, 0) is 4.79 Å². The van der Waals surface area contributed by atoms with E-state index in [0.717, 1.165) is 78.7 Å². The van der Waals surface area contributed by atoms with E-state index in [-0.39, 0.29) is 13.1 Å². The van der Waals surface area contributed by atoms with Crippen LogP contribution >= 0.6 is 0 Å². The number of nitrogens with one attached hydrogen (secondary N) is 2. The van der Waals surface area contributed by atoms with E-state index in [9.17, 15) is 0 Å². The van der Waals surface area contributed by atoms with Crippen LogP contribution in [-0.4, -0.2) is 80.8 Å². The van der Waals surface area contributed by atoms with Crippen LogP contribution in [0.4, 0.5) is 11.6 Å². The molecule has 5 rings (SSSR count). The van der Waals surface area contributed by atoms with Gasteiger partial charge in [0, 0.05) is 36.9 Å². The van der Waals surface area contributed by atoms with Gasteiger partial charge in [0.05, 0.1) is 11.4 Å². The fourth-order valence-electron chi connectivity index (χ4n) is 5.46. The minimum Gasteiger partial charge on any atom is -0.483 e. The zero-order valence-electron chi connectivity index (χ0n) is 30.1. The van der Waals surface area contributed by atoms with Crippen LogP contribution in [0.3, 0.4) is 0 Å². The molecule has 10 nitrogen and oxygen atoms in total. The molecule has 0 amide bonds. The second-order valence-electron chi connectivity index (χ2n) is 11.6. The van der Waals surface area contributed by atoms with E-state index in [1.54, 1.807) is 0 Å². The number of aliphatic hydroxyl groups excluding tert-OH is 1. The van der Waals surface area contributed by atoms with Gasteiger partial charge < -0.3 is 25.7 Å². The molecule has 1 aliphatic carbocycles. The van der Waals surface area contributed by atoms with Crippen molar-refractivity contribution in [1.29, 1.82) is 0 Å². The largest absolute Gasteiger partial charge is 0.483 e. The van der Waals surface area contributed by atoms with Gasteiger partial charge in [0.2, 0.25) is 0 Å². The average molecular weight is 672 g/mol. The van der Waals surface area contributed by atoms with Crippen molar-refractivity contribution in [3.8, 4) is 22.5 Å². The van der Waals surface area contributed by atoms with Gasteiger partial charge in [0.25, 0.3) is 6.47 Å². The molecule has 2 aromatic heterocycles. The Bertz CT molecular complexity index is 1440. The van der Waals surface area contributed by atoms with Crippen LogP contribution in [0.5, 0.6) is 0 Å². The maximum atomic E-state index is 8.91. The van der Waals surface area contributed by atoms with Crippen molar-refractivity contribution < 1.29 is 15.0 Å². The molecule has 0 spiro atoms. The normalized spacial score (nSPS) is 12.3. The third kappa shape index (κ3) is 15.1.